The molecular weight excluding hydrogens is 168 g/mol. The molecule has 1 N–H and O–H groups in total. The van der Waals surface area contributed by atoms with Crippen LogP contribution in [-0.4, -0.2) is 30.2 Å². The van der Waals surface area contributed by atoms with Crippen molar-refractivity contribution in [1.29, 1.82) is 0 Å². The maximum atomic E-state index is 9.16. The van der Waals surface area contributed by atoms with E-state index in [-0.39, 0.29) is 23.9 Å². The third kappa shape index (κ3) is 2.66. The zero-order valence-electron chi connectivity index (χ0n) is 8.96. The molecule has 0 aliphatic carbocycles. The van der Waals surface area contributed by atoms with Gasteiger partial charge in [-0.3, -0.25) is 0 Å². The lowest BCUT2D eigenvalue weighted by atomic mass is 9.92. The molecule has 0 bridgehead atoms. The summed E-state index contributed by atoms with van der Waals surface area (Å²) in [5.41, 5.74) is -0.451. The zero-order chi connectivity index (χ0) is 10.1. The molecule has 1 rings (SSSR count). The topological polar surface area (TPSA) is 38.7 Å². The highest BCUT2D eigenvalue weighted by molar-refractivity contribution is 4.80. The van der Waals surface area contributed by atoms with E-state index in [1.165, 1.54) is 0 Å². The maximum Gasteiger partial charge on any atom is 0.165 e. The molecule has 1 atom stereocenters. The summed E-state index contributed by atoms with van der Waals surface area (Å²) in [6.07, 6.45) is 0.617. The highest BCUT2D eigenvalue weighted by Gasteiger charge is 2.38. The fourth-order valence-electron chi connectivity index (χ4n) is 1.25. The SMILES string of the molecule is CC1(C)CCO[C@H](C(C)(C)CO)O1. The molecule has 3 nitrogen and oxygen atoms in total. The Hall–Kier alpha value is -0.120. The Morgan fingerprint density at radius 1 is 1.46 bits per heavy atom. The van der Waals surface area contributed by atoms with E-state index in [1.54, 1.807) is 0 Å². The zero-order valence-corrected chi connectivity index (χ0v) is 8.96. The lowest BCUT2D eigenvalue weighted by molar-refractivity contribution is -0.288. The summed E-state index contributed by atoms with van der Waals surface area (Å²) in [6.45, 7) is 8.78. The first-order chi connectivity index (χ1) is 5.87. The van der Waals surface area contributed by atoms with Gasteiger partial charge in [-0.05, 0) is 20.3 Å². The van der Waals surface area contributed by atoms with E-state index in [1.807, 2.05) is 13.8 Å². The summed E-state index contributed by atoms with van der Waals surface area (Å²) in [4.78, 5) is 0. The van der Waals surface area contributed by atoms with Gasteiger partial charge in [-0.25, -0.2) is 0 Å². The molecule has 0 saturated carbocycles. The second kappa shape index (κ2) is 3.56. The minimum atomic E-state index is -0.322. The van der Waals surface area contributed by atoms with Gasteiger partial charge in [-0.1, -0.05) is 13.8 Å². The van der Waals surface area contributed by atoms with Crippen LogP contribution in [0.5, 0.6) is 0 Å². The van der Waals surface area contributed by atoms with Crippen LogP contribution in [0.2, 0.25) is 0 Å². The fourth-order valence-corrected chi connectivity index (χ4v) is 1.25. The molecule has 0 unspecified atom stereocenters. The van der Waals surface area contributed by atoms with Gasteiger partial charge in [0.15, 0.2) is 6.29 Å². The predicted octanol–water partition coefficient (Wildman–Crippen LogP) is 1.55. The van der Waals surface area contributed by atoms with Gasteiger partial charge in [-0.2, -0.15) is 0 Å². The van der Waals surface area contributed by atoms with Crippen LogP contribution >= 0.6 is 0 Å². The molecule has 78 valence electrons. The van der Waals surface area contributed by atoms with Crippen molar-refractivity contribution in [3.8, 4) is 0 Å². The van der Waals surface area contributed by atoms with Crippen LogP contribution in [-0.2, 0) is 9.47 Å². The Kier molecular flexibility index (Phi) is 3.00. The lowest BCUT2D eigenvalue weighted by Gasteiger charge is -2.42. The van der Waals surface area contributed by atoms with Crippen molar-refractivity contribution in [3.05, 3.63) is 0 Å². The van der Waals surface area contributed by atoms with Gasteiger partial charge in [0.05, 0.1) is 18.8 Å². The highest BCUT2D eigenvalue weighted by Crippen LogP contribution is 2.32. The normalized spacial score (nSPS) is 28.8. The third-order valence-electron chi connectivity index (χ3n) is 2.45. The number of rotatable bonds is 2. The molecule has 0 aromatic rings. The summed E-state index contributed by atoms with van der Waals surface area (Å²) >= 11 is 0. The number of ether oxygens (including phenoxy) is 2. The van der Waals surface area contributed by atoms with Crippen molar-refractivity contribution < 1.29 is 14.6 Å². The van der Waals surface area contributed by atoms with E-state index in [9.17, 15) is 0 Å². The van der Waals surface area contributed by atoms with Gasteiger partial charge in [0.1, 0.15) is 0 Å². The lowest BCUT2D eigenvalue weighted by Crippen LogP contribution is -2.47. The second-order valence-electron chi connectivity index (χ2n) is 4.98. The summed E-state index contributed by atoms with van der Waals surface area (Å²) in [7, 11) is 0. The molecule has 0 radical (unpaired) electrons. The van der Waals surface area contributed by atoms with Gasteiger partial charge in [-0.15, -0.1) is 0 Å². The van der Waals surface area contributed by atoms with E-state index < -0.39 is 0 Å². The maximum absolute atomic E-state index is 9.16. The van der Waals surface area contributed by atoms with Gasteiger partial charge in [0.2, 0.25) is 0 Å². The molecule has 0 aromatic heterocycles. The molecular formula is C10H20O3. The highest BCUT2D eigenvalue weighted by atomic mass is 16.7. The van der Waals surface area contributed by atoms with E-state index >= 15 is 0 Å². The van der Waals surface area contributed by atoms with Crippen LogP contribution in [0.4, 0.5) is 0 Å². The minimum absolute atomic E-state index is 0.0771. The van der Waals surface area contributed by atoms with E-state index in [0.29, 0.717) is 6.61 Å². The van der Waals surface area contributed by atoms with E-state index in [2.05, 4.69) is 13.8 Å². The molecule has 1 fully saturated rings. The largest absolute Gasteiger partial charge is 0.396 e. The number of aliphatic hydroxyl groups excluding tert-OH is 1. The predicted molar refractivity (Wildman–Crippen MR) is 50.4 cm³/mol. The average molecular weight is 188 g/mol. The Morgan fingerprint density at radius 3 is 2.54 bits per heavy atom. The Bertz CT molecular complexity index is 175. The molecule has 13 heavy (non-hydrogen) atoms. The monoisotopic (exact) mass is 188 g/mol. The smallest absolute Gasteiger partial charge is 0.165 e. The van der Waals surface area contributed by atoms with Crippen molar-refractivity contribution in [3.63, 3.8) is 0 Å². The molecule has 0 amide bonds. The van der Waals surface area contributed by atoms with E-state index in [4.69, 9.17) is 14.6 Å². The molecule has 0 aromatic carbocycles. The third-order valence-corrected chi connectivity index (χ3v) is 2.45. The van der Waals surface area contributed by atoms with Crippen LogP contribution in [0.3, 0.4) is 0 Å². The van der Waals surface area contributed by atoms with Crippen LogP contribution in [0.1, 0.15) is 34.1 Å². The van der Waals surface area contributed by atoms with Crippen LogP contribution in [0.25, 0.3) is 0 Å². The van der Waals surface area contributed by atoms with E-state index in [0.717, 1.165) is 6.42 Å². The van der Waals surface area contributed by atoms with Gasteiger partial charge in [0, 0.05) is 5.41 Å². The number of hydrogen-bond donors (Lipinski definition) is 1. The molecule has 1 saturated heterocycles. The van der Waals surface area contributed by atoms with Gasteiger partial charge < -0.3 is 14.6 Å². The average Bonchev–Trinajstić information content (AvgIpc) is 2.03. The minimum Gasteiger partial charge on any atom is -0.396 e. The Morgan fingerprint density at radius 2 is 2.08 bits per heavy atom. The quantitative estimate of drug-likeness (QED) is 0.714. The van der Waals surface area contributed by atoms with Gasteiger partial charge in [0.25, 0.3) is 0 Å². The molecule has 0 spiro atoms. The Labute approximate surface area is 80.0 Å². The Balaban J connectivity index is 2.61. The summed E-state index contributed by atoms with van der Waals surface area (Å²) in [5, 5.41) is 9.16. The summed E-state index contributed by atoms with van der Waals surface area (Å²) in [6, 6.07) is 0. The van der Waals surface area contributed by atoms with Crippen molar-refractivity contribution in [2.45, 2.75) is 46.0 Å². The molecule has 3 heteroatoms. The molecule has 1 aliphatic rings. The van der Waals surface area contributed by atoms with Crippen LogP contribution in [0, 0.1) is 5.41 Å². The summed E-state index contributed by atoms with van der Waals surface area (Å²) < 4.78 is 11.2. The van der Waals surface area contributed by atoms with Crippen molar-refractivity contribution >= 4 is 0 Å². The summed E-state index contributed by atoms with van der Waals surface area (Å²) in [5.74, 6) is 0. The van der Waals surface area contributed by atoms with Crippen molar-refractivity contribution in [1.82, 2.24) is 0 Å². The second-order valence-corrected chi connectivity index (χ2v) is 4.98. The van der Waals surface area contributed by atoms with Crippen LogP contribution < -0.4 is 0 Å². The van der Waals surface area contributed by atoms with Crippen molar-refractivity contribution in [2.24, 2.45) is 5.41 Å². The first-order valence-corrected chi connectivity index (χ1v) is 4.78. The molecule has 1 heterocycles. The first kappa shape index (κ1) is 11.0. The number of hydrogen-bond acceptors (Lipinski definition) is 3. The van der Waals surface area contributed by atoms with Gasteiger partial charge >= 0.3 is 0 Å². The first-order valence-electron chi connectivity index (χ1n) is 4.78. The van der Waals surface area contributed by atoms with Crippen LogP contribution in [0.15, 0.2) is 0 Å². The molecule has 1 aliphatic heterocycles. The van der Waals surface area contributed by atoms with Crippen molar-refractivity contribution in [2.75, 3.05) is 13.2 Å². The number of aliphatic hydroxyl groups is 1. The standard InChI is InChI=1S/C10H20O3/c1-9(2,7-11)8-12-6-5-10(3,4)13-8/h8,11H,5-7H2,1-4H3/t8-/m0/s1. The fraction of sp³-hybridized carbons (Fsp3) is 1.00.